The van der Waals surface area contributed by atoms with E-state index in [-0.39, 0.29) is 17.6 Å². The number of rotatable bonds is 3. The fourth-order valence-electron chi connectivity index (χ4n) is 2.26. The Morgan fingerprint density at radius 3 is 2.76 bits per heavy atom. The molecule has 1 aliphatic rings. The minimum atomic E-state index is -4.79. The highest BCUT2D eigenvalue weighted by atomic mass is 19.4. The number of hydrogen-bond acceptors (Lipinski definition) is 3. The van der Waals surface area contributed by atoms with Gasteiger partial charge in [-0.25, -0.2) is 0 Å². The molecule has 1 amide bonds. The van der Waals surface area contributed by atoms with E-state index in [1.807, 2.05) is 0 Å². The van der Waals surface area contributed by atoms with Crippen LogP contribution in [0.25, 0.3) is 0 Å². The van der Waals surface area contributed by atoms with Crippen LogP contribution in [0.2, 0.25) is 0 Å². The van der Waals surface area contributed by atoms with Gasteiger partial charge in [0, 0.05) is 0 Å². The number of nitrogens with one attached hydrogen (secondary N) is 2. The van der Waals surface area contributed by atoms with Crippen molar-refractivity contribution in [3.05, 3.63) is 24.3 Å². The van der Waals surface area contributed by atoms with E-state index in [1.165, 1.54) is 18.2 Å². The second kappa shape index (κ2) is 6.80. The van der Waals surface area contributed by atoms with Crippen LogP contribution in [0.15, 0.2) is 24.3 Å². The van der Waals surface area contributed by atoms with Crippen molar-refractivity contribution >= 4 is 11.6 Å². The number of alkyl halides is 3. The lowest BCUT2D eigenvalue weighted by molar-refractivity contribution is -0.274. The number of ether oxygens (including phenoxy) is 1. The number of anilines is 1. The summed E-state index contributed by atoms with van der Waals surface area (Å²) in [6, 6.07) is 5.13. The van der Waals surface area contributed by atoms with Gasteiger partial charge in [-0.2, -0.15) is 0 Å². The zero-order valence-corrected chi connectivity index (χ0v) is 11.4. The number of para-hydroxylation sites is 2. The van der Waals surface area contributed by atoms with E-state index in [0.717, 1.165) is 25.8 Å². The van der Waals surface area contributed by atoms with Gasteiger partial charge in [0.2, 0.25) is 5.91 Å². The Kier molecular flexibility index (Phi) is 5.06. The molecule has 2 N–H and O–H groups in total. The molecule has 7 heteroatoms. The highest BCUT2D eigenvalue weighted by Gasteiger charge is 2.32. The molecule has 1 aliphatic heterocycles. The van der Waals surface area contributed by atoms with Crippen molar-refractivity contribution < 1.29 is 22.7 Å². The SMILES string of the molecule is O=C(Nc1ccccc1OC(F)(F)F)C1CCCCCN1. The van der Waals surface area contributed by atoms with Crippen molar-refractivity contribution in [1.29, 1.82) is 0 Å². The fraction of sp³-hybridized carbons (Fsp3) is 0.500. The number of amides is 1. The first-order chi connectivity index (χ1) is 9.96. The molecule has 0 bridgehead atoms. The lowest BCUT2D eigenvalue weighted by Gasteiger charge is -2.18. The maximum atomic E-state index is 12.3. The number of benzene rings is 1. The first-order valence-electron chi connectivity index (χ1n) is 6.85. The van der Waals surface area contributed by atoms with Crippen LogP contribution in [-0.2, 0) is 4.79 Å². The maximum absolute atomic E-state index is 12.3. The number of halogens is 3. The molecule has 1 heterocycles. The molecule has 1 saturated heterocycles. The number of carbonyl (C=O) groups is 1. The monoisotopic (exact) mass is 302 g/mol. The minimum Gasteiger partial charge on any atom is -0.404 e. The quantitative estimate of drug-likeness (QED) is 0.902. The molecule has 1 fully saturated rings. The molecule has 1 aromatic carbocycles. The average Bonchev–Trinajstić information content (AvgIpc) is 2.68. The maximum Gasteiger partial charge on any atom is 0.573 e. The topological polar surface area (TPSA) is 50.4 Å². The van der Waals surface area contributed by atoms with Gasteiger partial charge < -0.3 is 15.4 Å². The molecule has 1 unspecified atom stereocenters. The van der Waals surface area contributed by atoms with Crippen LogP contribution in [0.1, 0.15) is 25.7 Å². The molecule has 0 aliphatic carbocycles. The molecule has 2 rings (SSSR count). The first kappa shape index (κ1) is 15.6. The molecule has 116 valence electrons. The third kappa shape index (κ3) is 4.93. The second-order valence-corrected chi connectivity index (χ2v) is 4.89. The normalized spacial score (nSPS) is 19.7. The van der Waals surface area contributed by atoms with Gasteiger partial charge in [0.1, 0.15) is 0 Å². The molecule has 0 spiro atoms. The third-order valence-electron chi connectivity index (χ3n) is 3.25. The van der Waals surface area contributed by atoms with Crippen LogP contribution >= 0.6 is 0 Å². The van der Waals surface area contributed by atoms with E-state index in [1.54, 1.807) is 6.07 Å². The molecule has 0 radical (unpaired) electrons. The summed E-state index contributed by atoms with van der Waals surface area (Å²) in [6.45, 7) is 0.735. The van der Waals surface area contributed by atoms with E-state index >= 15 is 0 Å². The smallest absolute Gasteiger partial charge is 0.404 e. The summed E-state index contributed by atoms with van der Waals surface area (Å²) in [5.74, 6) is -0.748. The predicted molar refractivity (Wildman–Crippen MR) is 72.0 cm³/mol. The summed E-state index contributed by atoms with van der Waals surface area (Å²) < 4.78 is 40.9. The van der Waals surface area contributed by atoms with Crippen LogP contribution in [0, 0.1) is 0 Å². The van der Waals surface area contributed by atoms with Crippen LogP contribution < -0.4 is 15.4 Å². The molecular weight excluding hydrogens is 285 g/mol. The van der Waals surface area contributed by atoms with Crippen molar-refractivity contribution in [2.75, 3.05) is 11.9 Å². The van der Waals surface area contributed by atoms with Gasteiger partial charge in [0.25, 0.3) is 0 Å². The van der Waals surface area contributed by atoms with Crippen molar-refractivity contribution in [3.63, 3.8) is 0 Å². The molecule has 0 saturated carbocycles. The van der Waals surface area contributed by atoms with Crippen LogP contribution in [0.3, 0.4) is 0 Å². The lowest BCUT2D eigenvalue weighted by Crippen LogP contribution is -2.40. The van der Waals surface area contributed by atoms with Crippen molar-refractivity contribution in [2.24, 2.45) is 0 Å². The largest absolute Gasteiger partial charge is 0.573 e. The van der Waals surface area contributed by atoms with Gasteiger partial charge in [0.05, 0.1) is 11.7 Å². The van der Waals surface area contributed by atoms with Gasteiger partial charge in [-0.3, -0.25) is 4.79 Å². The van der Waals surface area contributed by atoms with Gasteiger partial charge >= 0.3 is 6.36 Å². The summed E-state index contributed by atoms with van der Waals surface area (Å²) in [6.07, 6.45) is -1.15. The summed E-state index contributed by atoms with van der Waals surface area (Å²) >= 11 is 0. The summed E-state index contributed by atoms with van der Waals surface area (Å²) in [5.41, 5.74) is 0.0193. The molecule has 4 nitrogen and oxygen atoms in total. The Morgan fingerprint density at radius 1 is 1.24 bits per heavy atom. The lowest BCUT2D eigenvalue weighted by atomic mass is 10.1. The van der Waals surface area contributed by atoms with Crippen LogP contribution in [-0.4, -0.2) is 24.9 Å². The van der Waals surface area contributed by atoms with Gasteiger partial charge in [0.15, 0.2) is 5.75 Å². The molecule has 1 aromatic rings. The van der Waals surface area contributed by atoms with E-state index in [2.05, 4.69) is 15.4 Å². The highest BCUT2D eigenvalue weighted by Crippen LogP contribution is 2.30. The van der Waals surface area contributed by atoms with Crippen LogP contribution in [0.5, 0.6) is 5.75 Å². The zero-order valence-electron chi connectivity index (χ0n) is 11.4. The summed E-state index contributed by atoms with van der Waals surface area (Å²) in [4.78, 5) is 12.1. The van der Waals surface area contributed by atoms with E-state index in [9.17, 15) is 18.0 Å². The minimum absolute atomic E-state index is 0.0193. The van der Waals surface area contributed by atoms with E-state index < -0.39 is 12.1 Å². The molecular formula is C14H17F3N2O2. The molecule has 1 atom stereocenters. The fourth-order valence-corrected chi connectivity index (χ4v) is 2.26. The predicted octanol–water partition coefficient (Wildman–Crippen LogP) is 3.06. The van der Waals surface area contributed by atoms with Crippen molar-refractivity contribution in [3.8, 4) is 5.75 Å². The Labute approximate surface area is 120 Å². The molecule has 21 heavy (non-hydrogen) atoms. The van der Waals surface area contributed by atoms with Gasteiger partial charge in [-0.1, -0.05) is 25.0 Å². The zero-order chi connectivity index (χ0) is 15.3. The Morgan fingerprint density at radius 2 is 2.00 bits per heavy atom. The highest BCUT2D eigenvalue weighted by molar-refractivity contribution is 5.96. The van der Waals surface area contributed by atoms with E-state index in [0.29, 0.717) is 6.42 Å². The average molecular weight is 302 g/mol. The summed E-state index contributed by atoms with van der Waals surface area (Å²) in [5, 5.41) is 5.60. The standard InChI is InChI=1S/C14H17F3N2O2/c15-14(16,17)21-12-8-4-3-6-10(12)19-13(20)11-7-2-1-5-9-18-11/h3-4,6,8,11,18H,1-2,5,7,9H2,(H,19,20). The Hall–Kier alpha value is -1.76. The Balaban J connectivity index is 2.06. The van der Waals surface area contributed by atoms with Crippen molar-refractivity contribution in [1.82, 2.24) is 5.32 Å². The van der Waals surface area contributed by atoms with Gasteiger partial charge in [-0.15, -0.1) is 13.2 Å². The first-order valence-corrected chi connectivity index (χ1v) is 6.85. The third-order valence-corrected chi connectivity index (χ3v) is 3.25. The molecule has 0 aromatic heterocycles. The number of hydrogen-bond donors (Lipinski definition) is 2. The number of carbonyl (C=O) groups excluding carboxylic acids is 1. The summed E-state index contributed by atoms with van der Waals surface area (Å²) in [7, 11) is 0. The van der Waals surface area contributed by atoms with E-state index in [4.69, 9.17) is 0 Å². The van der Waals surface area contributed by atoms with Crippen LogP contribution in [0.4, 0.5) is 18.9 Å². The Bertz CT molecular complexity index is 483. The second-order valence-electron chi connectivity index (χ2n) is 4.89. The van der Waals surface area contributed by atoms with Crippen molar-refractivity contribution in [2.45, 2.75) is 38.1 Å². The van der Waals surface area contributed by atoms with Gasteiger partial charge in [-0.05, 0) is 31.5 Å².